The molecular weight excluding hydrogens is 352 g/mol. The fourth-order valence-electron chi connectivity index (χ4n) is 4.90. The minimum atomic E-state index is -1.03. The summed E-state index contributed by atoms with van der Waals surface area (Å²) in [5.74, 6) is -2.17. The van der Waals surface area contributed by atoms with Gasteiger partial charge in [0, 0.05) is 22.5 Å². The minimum absolute atomic E-state index is 0.199. The van der Waals surface area contributed by atoms with Gasteiger partial charge in [0.25, 0.3) is 0 Å². The van der Waals surface area contributed by atoms with Crippen molar-refractivity contribution in [3.8, 4) is 0 Å². The molecule has 7 heteroatoms. The Morgan fingerprint density at radius 1 is 1.41 bits per heavy atom. The summed E-state index contributed by atoms with van der Waals surface area (Å²) in [6, 6.07) is 0. The lowest BCUT2D eigenvalue weighted by molar-refractivity contribution is -0.234. The van der Waals surface area contributed by atoms with E-state index in [1.165, 1.54) is 0 Å². The second-order valence-electron chi connectivity index (χ2n) is 7.92. The fraction of sp³-hybridized carbons (Fsp3) is 0.600. The van der Waals surface area contributed by atoms with E-state index < -0.39 is 59.9 Å². The first-order valence-corrected chi connectivity index (χ1v) is 9.09. The van der Waals surface area contributed by atoms with Crippen LogP contribution in [0.3, 0.4) is 0 Å². The Hall–Kier alpha value is -1.96. The van der Waals surface area contributed by atoms with E-state index in [2.05, 4.69) is 13.2 Å². The average Bonchev–Trinajstić information content (AvgIpc) is 3.22. The predicted octanol–water partition coefficient (Wildman–Crippen LogP) is 1.27. The summed E-state index contributed by atoms with van der Waals surface area (Å²) in [5.41, 5.74) is 0.355. The molecule has 0 aromatic rings. The number of aliphatic hydroxyl groups is 1. The third kappa shape index (κ3) is 2.31. The zero-order valence-electron chi connectivity index (χ0n) is 15.6. The quantitative estimate of drug-likeness (QED) is 0.441. The number of ether oxygens (including phenoxy) is 4. The van der Waals surface area contributed by atoms with E-state index in [1.54, 1.807) is 19.9 Å². The van der Waals surface area contributed by atoms with Crippen molar-refractivity contribution in [1.29, 1.82) is 0 Å². The van der Waals surface area contributed by atoms with Gasteiger partial charge < -0.3 is 24.1 Å². The molecule has 8 atom stereocenters. The predicted molar refractivity (Wildman–Crippen MR) is 93.2 cm³/mol. The van der Waals surface area contributed by atoms with Gasteiger partial charge in [0.2, 0.25) is 0 Å². The number of rotatable bonds is 2. The molecule has 0 amide bonds. The van der Waals surface area contributed by atoms with E-state index in [4.69, 9.17) is 18.9 Å². The van der Waals surface area contributed by atoms with Crippen molar-refractivity contribution in [2.24, 2.45) is 17.3 Å². The van der Waals surface area contributed by atoms with Gasteiger partial charge in [0.15, 0.2) is 6.29 Å². The van der Waals surface area contributed by atoms with E-state index in [0.717, 1.165) is 0 Å². The van der Waals surface area contributed by atoms with Crippen molar-refractivity contribution in [2.45, 2.75) is 51.5 Å². The number of fused-ring (bicyclic) bond motifs is 5. The summed E-state index contributed by atoms with van der Waals surface area (Å²) < 4.78 is 22.8. The van der Waals surface area contributed by atoms with Crippen LogP contribution < -0.4 is 0 Å². The molecular formula is C20H24O7. The van der Waals surface area contributed by atoms with Crippen molar-refractivity contribution < 1.29 is 33.6 Å². The third-order valence-electron chi connectivity index (χ3n) is 6.64. The minimum Gasteiger partial charge on any atom is -0.458 e. The molecule has 4 rings (SSSR count). The molecule has 3 aliphatic heterocycles. The van der Waals surface area contributed by atoms with Gasteiger partial charge in [-0.1, -0.05) is 26.2 Å². The summed E-state index contributed by atoms with van der Waals surface area (Å²) in [6.07, 6.45) is -2.03. The van der Waals surface area contributed by atoms with Crippen LogP contribution in [0, 0.1) is 17.3 Å². The Balaban J connectivity index is 1.82. The second kappa shape index (κ2) is 6.02. The topological polar surface area (TPSA) is 91.3 Å². The molecule has 0 radical (unpaired) electrons. The Morgan fingerprint density at radius 2 is 2.11 bits per heavy atom. The summed E-state index contributed by atoms with van der Waals surface area (Å²) in [4.78, 5) is 24.8. The highest BCUT2D eigenvalue weighted by atomic mass is 16.7. The highest BCUT2D eigenvalue weighted by molar-refractivity contribution is 5.92. The zero-order chi connectivity index (χ0) is 19.7. The molecule has 4 aliphatic rings. The van der Waals surface area contributed by atoms with Crippen molar-refractivity contribution in [2.75, 3.05) is 6.61 Å². The monoisotopic (exact) mass is 376 g/mol. The van der Waals surface area contributed by atoms with Gasteiger partial charge in [-0.05, 0) is 19.4 Å². The maximum absolute atomic E-state index is 12.6. The van der Waals surface area contributed by atoms with E-state index in [-0.39, 0.29) is 12.2 Å². The smallest absolute Gasteiger partial charge is 0.334 e. The van der Waals surface area contributed by atoms with Crippen LogP contribution in [0.25, 0.3) is 0 Å². The number of hydrogen-bond donors (Lipinski definition) is 1. The van der Waals surface area contributed by atoms with Crippen molar-refractivity contribution in [3.63, 3.8) is 0 Å². The molecule has 2 bridgehead atoms. The van der Waals surface area contributed by atoms with Gasteiger partial charge in [-0.25, -0.2) is 9.59 Å². The van der Waals surface area contributed by atoms with Crippen LogP contribution >= 0.6 is 0 Å². The lowest BCUT2D eigenvalue weighted by Gasteiger charge is -2.56. The van der Waals surface area contributed by atoms with Gasteiger partial charge in [0.1, 0.15) is 18.3 Å². The Morgan fingerprint density at radius 3 is 2.78 bits per heavy atom. The lowest BCUT2D eigenvalue weighted by atomic mass is 9.54. The summed E-state index contributed by atoms with van der Waals surface area (Å²) in [6.45, 7) is 13.5. The van der Waals surface area contributed by atoms with E-state index in [1.807, 2.05) is 6.92 Å². The molecule has 0 aromatic carbocycles. The van der Waals surface area contributed by atoms with E-state index in [0.29, 0.717) is 11.1 Å². The molecule has 1 aliphatic carbocycles. The molecule has 3 saturated heterocycles. The lowest BCUT2D eigenvalue weighted by Crippen LogP contribution is -2.67. The number of allylic oxidation sites excluding steroid dienone is 1. The number of carbonyl (C=O) groups is 2. The summed E-state index contributed by atoms with van der Waals surface area (Å²) >= 11 is 0. The van der Waals surface area contributed by atoms with Gasteiger partial charge in [-0.3, -0.25) is 0 Å². The molecule has 0 aromatic heterocycles. The van der Waals surface area contributed by atoms with Gasteiger partial charge in [0.05, 0.1) is 18.6 Å². The van der Waals surface area contributed by atoms with Crippen molar-refractivity contribution in [1.82, 2.24) is 0 Å². The molecule has 3 heterocycles. The molecule has 146 valence electrons. The molecule has 27 heavy (non-hydrogen) atoms. The highest BCUT2D eigenvalue weighted by Crippen LogP contribution is 2.59. The standard InChI is InChI=1S/C20H24O7/c1-6-8(2)17(22)26-14-12-9(3)18(23)27-15(12)16(21)20(5)11-7-24-19(25-11)10(4)13(14)20/h6,11-16,19,21H,3-4,7H2,1-2,5H3. The molecule has 1 N–H and O–H groups in total. The maximum Gasteiger partial charge on any atom is 0.334 e. The average molecular weight is 376 g/mol. The summed E-state index contributed by atoms with van der Waals surface area (Å²) in [5, 5.41) is 11.2. The van der Waals surface area contributed by atoms with Crippen LogP contribution in [0.4, 0.5) is 0 Å². The Labute approximate surface area is 157 Å². The van der Waals surface area contributed by atoms with Gasteiger partial charge >= 0.3 is 11.9 Å². The Bertz CT molecular complexity index is 768. The van der Waals surface area contributed by atoms with Crippen LogP contribution in [0.15, 0.2) is 36.0 Å². The zero-order valence-corrected chi connectivity index (χ0v) is 15.6. The largest absolute Gasteiger partial charge is 0.458 e. The molecule has 7 nitrogen and oxygen atoms in total. The molecule has 8 unspecified atom stereocenters. The third-order valence-corrected chi connectivity index (χ3v) is 6.64. The maximum atomic E-state index is 12.6. The highest BCUT2D eigenvalue weighted by Gasteiger charge is 2.70. The van der Waals surface area contributed by atoms with Crippen LogP contribution in [-0.2, 0) is 28.5 Å². The van der Waals surface area contributed by atoms with Crippen LogP contribution in [0.2, 0.25) is 0 Å². The fourth-order valence-corrected chi connectivity index (χ4v) is 4.90. The molecule has 4 fully saturated rings. The number of aliphatic hydroxyl groups excluding tert-OH is 1. The normalized spacial score (nSPS) is 46.0. The first-order valence-electron chi connectivity index (χ1n) is 9.09. The van der Waals surface area contributed by atoms with Gasteiger partial charge in [-0.2, -0.15) is 0 Å². The van der Waals surface area contributed by atoms with Crippen LogP contribution in [0.1, 0.15) is 20.8 Å². The first kappa shape index (κ1) is 18.4. The van der Waals surface area contributed by atoms with Crippen LogP contribution in [-0.4, -0.2) is 54.4 Å². The van der Waals surface area contributed by atoms with Crippen LogP contribution in [0.5, 0.6) is 0 Å². The van der Waals surface area contributed by atoms with Crippen molar-refractivity contribution >= 4 is 11.9 Å². The van der Waals surface area contributed by atoms with Gasteiger partial charge in [-0.15, -0.1) is 0 Å². The number of hydrogen-bond acceptors (Lipinski definition) is 7. The number of carbonyl (C=O) groups excluding carboxylic acids is 2. The second-order valence-corrected chi connectivity index (χ2v) is 7.92. The van der Waals surface area contributed by atoms with E-state index >= 15 is 0 Å². The number of esters is 2. The SMILES string of the molecule is C=C1C(=O)OC2C1C(OC(=O)C(C)=CC)C1C(=C)C3OCC(O3)C1(C)C2O. The Kier molecular flexibility index (Phi) is 4.10. The van der Waals surface area contributed by atoms with Crippen molar-refractivity contribution in [3.05, 3.63) is 36.0 Å². The summed E-state index contributed by atoms with van der Waals surface area (Å²) in [7, 11) is 0. The molecule has 0 spiro atoms. The first-order chi connectivity index (χ1) is 12.7. The van der Waals surface area contributed by atoms with E-state index in [9.17, 15) is 14.7 Å². The molecule has 1 saturated carbocycles.